The van der Waals surface area contributed by atoms with E-state index in [9.17, 15) is 5.11 Å². The SMILES string of the molecule is CC(NCC(C)C(C)C)c1ccccc1O. The number of nitrogens with one attached hydrogen (secondary N) is 1. The fraction of sp³-hybridized carbons (Fsp3) is 0.571. The van der Waals surface area contributed by atoms with E-state index in [0.717, 1.165) is 12.1 Å². The Hall–Kier alpha value is -1.02. The summed E-state index contributed by atoms with van der Waals surface area (Å²) in [5.74, 6) is 1.71. The van der Waals surface area contributed by atoms with Gasteiger partial charge in [0.1, 0.15) is 5.75 Å². The third kappa shape index (κ3) is 3.53. The van der Waals surface area contributed by atoms with Gasteiger partial charge in [-0.1, -0.05) is 39.0 Å². The summed E-state index contributed by atoms with van der Waals surface area (Å²) in [5.41, 5.74) is 0.971. The van der Waals surface area contributed by atoms with E-state index in [1.807, 2.05) is 18.2 Å². The zero-order valence-electron chi connectivity index (χ0n) is 10.7. The molecule has 0 saturated heterocycles. The molecule has 0 aliphatic heterocycles. The molecule has 0 aromatic heterocycles. The molecule has 0 heterocycles. The van der Waals surface area contributed by atoms with Crippen LogP contribution in [0.4, 0.5) is 0 Å². The molecule has 1 aromatic carbocycles. The quantitative estimate of drug-likeness (QED) is 0.799. The number of para-hydroxylation sites is 1. The van der Waals surface area contributed by atoms with Crippen LogP contribution in [-0.4, -0.2) is 11.7 Å². The first-order valence-electron chi connectivity index (χ1n) is 6.03. The minimum atomic E-state index is 0.197. The van der Waals surface area contributed by atoms with Crippen LogP contribution in [0.15, 0.2) is 24.3 Å². The van der Waals surface area contributed by atoms with Crippen molar-refractivity contribution < 1.29 is 5.11 Å². The topological polar surface area (TPSA) is 32.3 Å². The van der Waals surface area contributed by atoms with Crippen molar-refractivity contribution in [1.29, 1.82) is 0 Å². The molecule has 1 aromatic rings. The Balaban J connectivity index is 2.53. The molecule has 2 nitrogen and oxygen atoms in total. The van der Waals surface area contributed by atoms with Crippen LogP contribution in [-0.2, 0) is 0 Å². The maximum absolute atomic E-state index is 9.72. The summed E-state index contributed by atoms with van der Waals surface area (Å²) in [5, 5.41) is 13.2. The van der Waals surface area contributed by atoms with Crippen LogP contribution in [0.25, 0.3) is 0 Å². The predicted octanol–water partition coefficient (Wildman–Crippen LogP) is 3.33. The van der Waals surface area contributed by atoms with Crippen LogP contribution < -0.4 is 5.32 Å². The average Bonchev–Trinajstić information content (AvgIpc) is 2.25. The number of hydrogen-bond donors (Lipinski definition) is 2. The molecule has 0 saturated carbocycles. The molecule has 90 valence electrons. The first-order valence-corrected chi connectivity index (χ1v) is 6.03. The van der Waals surface area contributed by atoms with Gasteiger partial charge < -0.3 is 10.4 Å². The van der Waals surface area contributed by atoms with Crippen LogP contribution in [0, 0.1) is 11.8 Å². The Bertz CT molecular complexity index is 322. The summed E-state index contributed by atoms with van der Waals surface area (Å²) in [6.45, 7) is 9.78. The van der Waals surface area contributed by atoms with Gasteiger partial charge >= 0.3 is 0 Å². The number of rotatable bonds is 5. The maximum atomic E-state index is 9.72. The maximum Gasteiger partial charge on any atom is 0.120 e. The molecule has 1 rings (SSSR count). The highest BCUT2D eigenvalue weighted by molar-refractivity contribution is 5.34. The minimum Gasteiger partial charge on any atom is -0.508 e. The molecular formula is C14H23NO. The van der Waals surface area contributed by atoms with Gasteiger partial charge in [-0.15, -0.1) is 0 Å². The fourth-order valence-corrected chi connectivity index (χ4v) is 1.56. The second-order valence-corrected chi connectivity index (χ2v) is 4.91. The third-order valence-corrected chi connectivity index (χ3v) is 3.29. The van der Waals surface area contributed by atoms with Crippen LogP contribution in [0.2, 0.25) is 0 Å². The highest BCUT2D eigenvalue weighted by Gasteiger charge is 2.12. The second kappa shape index (κ2) is 5.90. The molecule has 0 aliphatic carbocycles. The first kappa shape index (κ1) is 13.0. The van der Waals surface area contributed by atoms with Crippen molar-refractivity contribution in [3.8, 4) is 5.75 Å². The van der Waals surface area contributed by atoms with Crippen LogP contribution in [0.1, 0.15) is 39.3 Å². The largest absolute Gasteiger partial charge is 0.508 e. The number of hydrogen-bond acceptors (Lipinski definition) is 2. The lowest BCUT2D eigenvalue weighted by molar-refractivity contribution is 0.371. The Labute approximate surface area is 98.7 Å². The van der Waals surface area contributed by atoms with Crippen molar-refractivity contribution >= 4 is 0 Å². The van der Waals surface area contributed by atoms with Crippen molar-refractivity contribution in [3.63, 3.8) is 0 Å². The lowest BCUT2D eigenvalue weighted by Gasteiger charge is -2.21. The fourth-order valence-electron chi connectivity index (χ4n) is 1.56. The van der Waals surface area contributed by atoms with Gasteiger partial charge in [-0.05, 0) is 31.4 Å². The lowest BCUT2D eigenvalue weighted by atomic mass is 9.97. The van der Waals surface area contributed by atoms with E-state index in [-0.39, 0.29) is 6.04 Å². The Kier molecular flexibility index (Phi) is 4.81. The van der Waals surface area contributed by atoms with E-state index in [4.69, 9.17) is 0 Å². The molecule has 0 amide bonds. The van der Waals surface area contributed by atoms with Crippen molar-refractivity contribution in [1.82, 2.24) is 5.32 Å². The van der Waals surface area contributed by atoms with Crippen LogP contribution in [0.3, 0.4) is 0 Å². The monoisotopic (exact) mass is 221 g/mol. The molecule has 2 N–H and O–H groups in total. The number of phenols is 1. The average molecular weight is 221 g/mol. The number of aromatic hydroxyl groups is 1. The summed E-state index contributed by atoms with van der Waals surface area (Å²) >= 11 is 0. The van der Waals surface area contributed by atoms with Gasteiger partial charge in [0, 0.05) is 11.6 Å². The van der Waals surface area contributed by atoms with Gasteiger partial charge in [-0.25, -0.2) is 0 Å². The standard InChI is InChI=1S/C14H23NO/c1-10(2)11(3)9-15-12(4)13-7-5-6-8-14(13)16/h5-8,10-12,15-16H,9H2,1-4H3. The van der Waals surface area contributed by atoms with Gasteiger partial charge in [0.15, 0.2) is 0 Å². The van der Waals surface area contributed by atoms with Gasteiger partial charge in [0.2, 0.25) is 0 Å². The molecule has 0 radical (unpaired) electrons. The second-order valence-electron chi connectivity index (χ2n) is 4.91. The molecule has 0 aliphatic rings. The Morgan fingerprint density at radius 3 is 2.31 bits per heavy atom. The van der Waals surface area contributed by atoms with Gasteiger partial charge in [0.05, 0.1) is 0 Å². The highest BCUT2D eigenvalue weighted by Crippen LogP contribution is 2.23. The molecule has 0 fully saturated rings. The lowest BCUT2D eigenvalue weighted by Crippen LogP contribution is -2.26. The smallest absolute Gasteiger partial charge is 0.120 e. The molecule has 0 bridgehead atoms. The molecule has 2 unspecified atom stereocenters. The normalized spacial score (nSPS) is 15.1. The van der Waals surface area contributed by atoms with Crippen molar-refractivity contribution in [2.24, 2.45) is 11.8 Å². The number of benzene rings is 1. The molecule has 2 heteroatoms. The zero-order chi connectivity index (χ0) is 12.1. The zero-order valence-corrected chi connectivity index (χ0v) is 10.7. The minimum absolute atomic E-state index is 0.197. The highest BCUT2D eigenvalue weighted by atomic mass is 16.3. The van der Waals surface area contributed by atoms with E-state index in [1.54, 1.807) is 6.07 Å². The first-order chi connectivity index (χ1) is 7.52. The number of phenolic OH excluding ortho intramolecular Hbond substituents is 1. The summed E-state index contributed by atoms with van der Waals surface area (Å²) in [7, 11) is 0. The molecule has 0 spiro atoms. The third-order valence-electron chi connectivity index (χ3n) is 3.29. The Morgan fingerprint density at radius 1 is 1.12 bits per heavy atom. The molecular weight excluding hydrogens is 198 g/mol. The molecule has 2 atom stereocenters. The summed E-state index contributed by atoms with van der Waals surface area (Å²) < 4.78 is 0. The van der Waals surface area contributed by atoms with Crippen molar-refractivity contribution in [2.75, 3.05) is 6.54 Å². The molecule has 16 heavy (non-hydrogen) atoms. The van der Waals surface area contributed by atoms with Crippen LogP contribution in [0.5, 0.6) is 5.75 Å². The predicted molar refractivity (Wildman–Crippen MR) is 68.5 cm³/mol. The van der Waals surface area contributed by atoms with E-state index < -0.39 is 0 Å². The van der Waals surface area contributed by atoms with Crippen molar-refractivity contribution in [3.05, 3.63) is 29.8 Å². The van der Waals surface area contributed by atoms with E-state index in [2.05, 4.69) is 33.0 Å². The van der Waals surface area contributed by atoms with E-state index in [0.29, 0.717) is 17.6 Å². The summed E-state index contributed by atoms with van der Waals surface area (Å²) in [4.78, 5) is 0. The van der Waals surface area contributed by atoms with E-state index in [1.165, 1.54) is 0 Å². The van der Waals surface area contributed by atoms with Gasteiger partial charge in [-0.3, -0.25) is 0 Å². The van der Waals surface area contributed by atoms with Crippen LogP contribution >= 0.6 is 0 Å². The van der Waals surface area contributed by atoms with Gasteiger partial charge in [-0.2, -0.15) is 0 Å². The van der Waals surface area contributed by atoms with Crippen molar-refractivity contribution in [2.45, 2.75) is 33.7 Å². The van der Waals surface area contributed by atoms with Gasteiger partial charge in [0.25, 0.3) is 0 Å². The van der Waals surface area contributed by atoms with E-state index >= 15 is 0 Å². The summed E-state index contributed by atoms with van der Waals surface area (Å²) in [6.07, 6.45) is 0. The summed E-state index contributed by atoms with van der Waals surface area (Å²) in [6, 6.07) is 7.70. The Morgan fingerprint density at radius 2 is 1.75 bits per heavy atom.